The van der Waals surface area contributed by atoms with Crippen molar-refractivity contribution in [1.29, 1.82) is 0 Å². The number of nitrogens with zero attached hydrogens (tertiary/aromatic N) is 1. The first-order valence-corrected chi connectivity index (χ1v) is 6.89. The molecule has 0 saturated carbocycles. The lowest BCUT2D eigenvalue weighted by Gasteiger charge is -2.42. The molecule has 0 bridgehead atoms. The summed E-state index contributed by atoms with van der Waals surface area (Å²) in [6.45, 7) is 13.9. The van der Waals surface area contributed by atoms with Gasteiger partial charge in [-0.15, -0.1) is 0 Å². The largest absolute Gasteiger partial charge is 0.330 e. The maximum atomic E-state index is 5.89. The van der Waals surface area contributed by atoms with Gasteiger partial charge in [0.15, 0.2) is 0 Å². The summed E-state index contributed by atoms with van der Waals surface area (Å²) in [6, 6.07) is 0. The van der Waals surface area contributed by atoms with Crippen molar-refractivity contribution >= 4 is 0 Å². The van der Waals surface area contributed by atoms with Gasteiger partial charge in [0.2, 0.25) is 0 Å². The number of hydrogen-bond acceptors (Lipinski definition) is 2. The molecule has 1 fully saturated rings. The highest BCUT2D eigenvalue weighted by atomic mass is 15.1. The van der Waals surface area contributed by atoms with Gasteiger partial charge in [0.1, 0.15) is 0 Å². The highest BCUT2D eigenvalue weighted by molar-refractivity contribution is 4.85. The van der Waals surface area contributed by atoms with Crippen LogP contribution in [0.4, 0.5) is 0 Å². The van der Waals surface area contributed by atoms with Crippen molar-refractivity contribution in [1.82, 2.24) is 4.90 Å². The van der Waals surface area contributed by atoms with E-state index in [1.54, 1.807) is 0 Å². The monoisotopic (exact) mass is 226 g/mol. The Morgan fingerprint density at radius 2 is 1.81 bits per heavy atom. The number of rotatable bonds is 5. The highest BCUT2D eigenvalue weighted by Crippen LogP contribution is 2.35. The molecule has 0 spiro atoms. The van der Waals surface area contributed by atoms with E-state index < -0.39 is 0 Å². The standard InChI is InChI=1S/C14H30N2/c1-5-13(3)7-9-16(10-8-13)12-14(4,6-2)11-15/h5-12,15H2,1-4H3. The number of hydrogen-bond donors (Lipinski definition) is 1. The van der Waals surface area contributed by atoms with E-state index in [0.29, 0.717) is 10.8 Å². The van der Waals surface area contributed by atoms with E-state index in [9.17, 15) is 0 Å². The van der Waals surface area contributed by atoms with Gasteiger partial charge in [-0.2, -0.15) is 0 Å². The van der Waals surface area contributed by atoms with Crippen LogP contribution in [0.2, 0.25) is 0 Å². The molecule has 0 aromatic rings. The Balaban J connectivity index is 2.43. The van der Waals surface area contributed by atoms with E-state index in [-0.39, 0.29) is 0 Å². The lowest BCUT2D eigenvalue weighted by atomic mass is 9.77. The molecule has 0 aromatic carbocycles. The van der Waals surface area contributed by atoms with Gasteiger partial charge in [0.05, 0.1) is 0 Å². The maximum Gasteiger partial charge on any atom is 0.00473 e. The van der Waals surface area contributed by atoms with E-state index >= 15 is 0 Å². The molecule has 0 radical (unpaired) electrons. The Bertz CT molecular complexity index is 201. The van der Waals surface area contributed by atoms with Gasteiger partial charge in [0, 0.05) is 6.54 Å². The predicted molar refractivity (Wildman–Crippen MR) is 71.5 cm³/mol. The molecule has 0 aromatic heterocycles. The van der Waals surface area contributed by atoms with Crippen LogP contribution in [0, 0.1) is 10.8 Å². The van der Waals surface area contributed by atoms with Crippen LogP contribution < -0.4 is 5.73 Å². The van der Waals surface area contributed by atoms with Crippen LogP contribution >= 0.6 is 0 Å². The molecule has 0 aliphatic carbocycles. The summed E-state index contributed by atoms with van der Waals surface area (Å²) in [4.78, 5) is 2.62. The van der Waals surface area contributed by atoms with Gasteiger partial charge >= 0.3 is 0 Å². The predicted octanol–water partition coefficient (Wildman–Crippen LogP) is 2.87. The molecule has 2 nitrogen and oxygen atoms in total. The molecule has 1 unspecified atom stereocenters. The zero-order valence-corrected chi connectivity index (χ0v) is 11.7. The molecule has 1 rings (SSSR count). The number of piperidine rings is 1. The summed E-state index contributed by atoms with van der Waals surface area (Å²) >= 11 is 0. The molecule has 0 amide bonds. The Labute approximate surface area is 102 Å². The molecule has 1 aliphatic rings. The third kappa shape index (κ3) is 3.46. The van der Waals surface area contributed by atoms with E-state index in [4.69, 9.17) is 5.73 Å². The third-order valence-corrected chi connectivity index (χ3v) is 4.87. The van der Waals surface area contributed by atoms with E-state index in [2.05, 4.69) is 32.6 Å². The summed E-state index contributed by atoms with van der Waals surface area (Å²) in [7, 11) is 0. The van der Waals surface area contributed by atoms with Crippen LogP contribution in [0.15, 0.2) is 0 Å². The number of nitrogens with two attached hydrogens (primary N) is 1. The second-order valence-electron chi connectivity index (χ2n) is 6.31. The van der Waals surface area contributed by atoms with E-state index in [1.807, 2.05) is 0 Å². The lowest BCUT2D eigenvalue weighted by molar-refractivity contribution is 0.0783. The first kappa shape index (κ1) is 14.0. The molecule has 1 aliphatic heterocycles. The normalized spacial score (nSPS) is 25.3. The van der Waals surface area contributed by atoms with Gasteiger partial charge in [-0.25, -0.2) is 0 Å². The lowest BCUT2D eigenvalue weighted by Crippen LogP contribution is -2.45. The zero-order chi connectivity index (χ0) is 12.2. The molecule has 1 atom stereocenters. The van der Waals surface area contributed by atoms with Crippen LogP contribution in [0.3, 0.4) is 0 Å². The maximum absolute atomic E-state index is 5.89. The van der Waals surface area contributed by atoms with Crippen molar-refractivity contribution in [3.8, 4) is 0 Å². The quantitative estimate of drug-likeness (QED) is 0.781. The fraction of sp³-hybridized carbons (Fsp3) is 1.00. The first-order chi connectivity index (χ1) is 7.47. The van der Waals surface area contributed by atoms with Crippen LogP contribution in [0.1, 0.15) is 53.4 Å². The van der Waals surface area contributed by atoms with E-state index in [1.165, 1.54) is 45.3 Å². The summed E-state index contributed by atoms with van der Waals surface area (Å²) in [6.07, 6.45) is 5.22. The fourth-order valence-electron chi connectivity index (χ4n) is 2.47. The Morgan fingerprint density at radius 1 is 1.25 bits per heavy atom. The Kier molecular flexibility index (Phi) is 4.81. The van der Waals surface area contributed by atoms with Crippen molar-refractivity contribution in [2.24, 2.45) is 16.6 Å². The van der Waals surface area contributed by atoms with Gasteiger partial charge in [-0.1, -0.05) is 34.1 Å². The molecule has 16 heavy (non-hydrogen) atoms. The second kappa shape index (κ2) is 5.50. The molecule has 1 heterocycles. The second-order valence-corrected chi connectivity index (χ2v) is 6.31. The summed E-state index contributed by atoms with van der Waals surface area (Å²) in [5.74, 6) is 0. The SMILES string of the molecule is CCC1(C)CCN(CC(C)(CC)CN)CC1. The Morgan fingerprint density at radius 3 is 2.19 bits per heavy atom. The topological polar surface area (TPSA) is 29.3 Å². The van der Waals surface area contributed by atoms with Crippen LogP contribution in [-0.2, 0) is 0 Å². The van der Waals surface area contributed by atoms with Crippen LogP contribution in [-0.4, -0.2) is 31.1 Å². The van der Waals surface area contributed by atoms with Gasteiger partial charge < -0.3 is 10.6 Å². The molecule has 1 saturated heterocycles. The average Bonchev–Trinajstić information content (AvgIpc) is 2.32. The first-order valence-electron chi connectivity index (χ1n) is 6.89. The van der Waals surface area contributed by atoms with Crippen molar-refractivity contribution < 1.29 is 0 Å². The highest BCUT2D eigenvalue weighted by Gasteiger charge is 2.31. The molecular formula is C14H30N2. The van der Waals surface area contributed by atoms with Crippen molar-refractivity contribution in [2.45, 2.75) is 53.4 Å². The minimum absolute atomic E-state index is 0.319. The van der Waals surface area contributed by atoms with Gasteiger partial charge in [-0.3, -0.25) is 0 Å². The third-order valence-electron chi connectivity index (χ3n) is 4.87. The molecular weight excluding hydrogens is 196 g/mol. The minimum Gasteiger partial charge on any atom is -0.330 e. The smallest absolute Gasteiger partial charge is 0.00473 e. The van der Waals surface area contributed by atoms with Gasteiger partial charge in [-0.05, 0) is 49.7 Å². The molecule has 2 N–H and O–H groups in total. The summed E-state index contributed by atoms with van der Waals surface area (Å²) in [5, 5.41) is 0. The Hall–Kier alpha value is -0.0800. The summed E-state index contributed by atoms with van der Waals surface area (Å²) < 4.78 is 0. The van der Waals surface area contributed by atoms with E-state index in [0.717, 1.165) is 6.54 Å². The van der Waals surface area contributed by atoms with Crippen LogP contribution in [0.25, 0.3) is 0 Å². The molecule has 2 heteroatoms. The summed E-state index contributed by atoms with van der Waals surface area (Å²) in [5.41, 5.74) is 6.81. The molecule has 96 valence electrons. The van der Waals surface area contributed by atoms with Crippen LogP contribution in [0.5, 0.6) is 0 Å². The zero-order valence-electron chi connectivity index (χ0n) is 11.7. The average molecular weight is 226 g/mol. The number of likely N-dealkylation sites (tertiary alicyclic amines) is 1. The minimum atomic E-state index is 0.319. The van der Waals surface area contributed by atoms with Crippen molar-refractivity contribution in [2.75, 3.05) is 26.2 Å². The van der Waals surface area contributed by atoms with Gasteiger partial charge in [0.25, 0.3) is 0 Å². The fourth-order valence-corrected chi connectivity index (χ4v) is 2.47. The van der Waals surface area contributed by atoms with Crippen molar-refractivity contribution in [3.05, 3.63) is 0 Å². The van der Waals surface area contributed by atoms with Crippen molar-refractivity contribution in [3.63, 3.8) is 0 Å².